The molecule has 116 valence electrons. The minimum Gasteiger partial charge on any atom is -0.365 e. The number of aromatic nitrogens is 1. The fraction of sp³-hybridized carbons (Fsp3) is 0.643. The smallest absolute Gasteiger partial charge is 0.260 e. The van der Waals surface area contributed by atoms with Gasteiger partial charge in [-0.3, -0.25) is 9.59 Å². The maximum absolute atomic E-state index is 12.5. The number of nitrogens with two attached hydrogens (primary N) is 1. The summed E-state index contributed by atoms with van der Waals surface area (Å²) in [6.45, 7) is 7.03. The van der Waals surface area contributed by atoms with Crippen molar-refractivity contribution in [2.75, 3.05) is 31.1 Å². The standard InChI is InChI=1S/C14H22N4O2S/c1-3-17(4-2)13(20)10-6-5-7-18(9-10)14-16-8-11(21-14)12(15)19/h8,10H,3-7,9H2,1-2H3,(H2,15,19). The van der Waals surface area contributed by atoms with Crippen molar-refractivity contribution in [3.8, 4) is 0 Å². The molecule has 0 saturated carbocycles. The van der Waals surface area contributed by atoms with Gasteiger partial charge in [-0.25, -0.2) is 4.98 Å². The van der Waals surface area contributed by atoms with E-state index in [-0.39, 0.29) is 11.8 Å². The van der Waals surface area contributed by atoms with Crippen LogP contribution in [0.4, 0.5) is 5.13 Å². The molecule has 1 aromatic heterocycles. The number of anilines is 1. The molecule has 2 N–H and O–H groups in total. The van der Waals surface area contributed by atoms with Gasteiger partial charge in [-0.2, -0.15) is 0 Å². The molecule has 2 amide bonds. The fourth-order valence-electron chi connectivity index (χ4n) is 2.67. The van der Waals surface area contributed by atoms with Gasteiger partial charge in [0.2, 0.25) is 5.91 Å². The van der Waals surface area contributed by atoms with E-state index in [0.717, 1.165) is 37.6 Å². The van der Waals surface area contributed by atoms with Crippen LogP contribution in [-0.2, 0) is 4.79 Å². The molecule has 2 heterocycles. The van der Waals surface area contributed by atoms with E-state index >= 15 is 0 Å². The number of thiazole rings is 1. The number of hydrogen-bond donors (Lipinski definition) is 1. The third-order valence-corrected chi connectivity index (χ3v) is 4.93. The Bertz CT molecular complexity index is 513. The number of nitrogens with zero attached hydrogens (tertiary/aromatic N) is 3. The summed E-state index contributed by atoms with van der Waals surface area (Å²) in [4.78, 5) is 32.3. The van der Waals surface area contributed by atoms with Crippen LogP contribution in [0.15, 0.2) is 6.20 Å². The Morgan fingerprint density at radius 2 is 2.19 bits per heavy atom. The highest BCUT2D eigenvalue weighted by molar-refractivity contribution is 7.17. The third-order valence-electron chi connectivity index (χ3n) is 3.85. The van der Waals surface area contributed by atoms with Gasteiger partial charge in [-0.15, -0.1) is 0 Å². The van der Waals surface area contributed by atoms with Gasteiger partial charge < -0.3 is 15.5 Å². The fourth-order valence-corrected chi connectivity index (χ4v) is 3.47. The molecule has 0 aromatic carbocycles. The zero-order valence-corrected chi connectivity index (χ0v) is 13.4. The zero-order valence-electron chi connectivity index (χ0n) is 12.5. The number of rotatable bonds is 5. The number of carbonyl (C=O) groups excluding carboxylic acids is 2. The van der Waals surface area contributed by atoms with Crippen LogP contribution in [-0.4, -0.2) is 47.9 Å². The predicted molar refractivity (Wildman–Crippen MR) is 83.5 cm³/mol. The van der Waals surface area contributed by atoms with Gasteiger partial charge in [0.05, 0.1) is 12.1 Å². The monoisotopic (exact) mass is 310 g/mol. The van der Waals surface area contributed by atoms with Gasteiger partial charge in [-0.1, -0.05) is 11.3 Å². The predicted octanol–water partition coefficient (Wildman–Crippen LogP) is 1.33. The van der Waals surface area contributed by atoms with Crippen LogP contribution in [0.1, 0.15) is 36.4 Å². The summed E-state index contributed by atoms with van der Waals surface area (Å²) >= 11 is 1.30. The first-order valence-corrected chi connectivity index (χ1v) is 8.17. The molecule has 1 saturated heterocycles. The second-order valence-corrected chi connectivity index (χ2v) is 6.18. The summed E-state index contributed by atoms with van der Waals surface area (Å²) in [5, 5.41) is 0.779. The summed E-state index contributed by atoms with van der Waals surface area (Å²) in [5.74, 6) is -0.220. The van der Waals surface area contributed by atoms with E-state index in [9.17, 15) is 9.59 Å². The lowest BCUT2D eigenvalue weighted by Crippen LogP contribution is -2.44. The van der Waals surface area contributed by atoms with E-state index < -0.39 is 5.91 Å². The number of primary amides is 1. The van der Waals surface area contributed by atoms with Crippen molar-refractivity contribution >= 4 is 28.3 Å². The van der Waals surface area contributed by atoms with Crippen LogP contribution >= 0.6 is 11.3 Å². The Hall–Kier alpha value is -1.63. The molecule has 0 aliphatic carbocycles. The van der Waals surface area contributed by atoms with Crippen LogP contribution < -0.4 is 10.6 Å². The molecular formula is C14H22N4O2S. The number of piperidine rings is 1. The Kier molecular flexibility index (Phi) is 5.17. The summed E-state index contributed by atoms with van der Waals surface area (Å²) in [5.41, 5.74) is 5.26. The highest BCUT2D eigenvalue weighted by Gasteiger charge is 2.29. The van der Waals surface area contributed by atoms with Gasteiger partial charge in [0.1, 0.15) is 4.88 Å². The largest absolute Gasteiger partial charge is 0.365 e. The Morgan fingerprint density at radius 1 is 1.48 bits per heavy atom. The molecule has 1 aromatic rings. The lowest BCUT2D eigenvalue weighted by atomic mass is 9.97. The Morgan fingerprint density at radius 3 is 2.76 bits per heavy atom. The van der Waals surface area contributed by atoms with Gasteiger partial charge in [-0.05, 0) is 26.7 Å². The maximum atomic E-state index is 12.5. The summed E-state index contributed by atoms with van der Waals surface area (Å²) < 4.78 is 0. The van der Waals surface area contributed by atoms with E-state index in [0.29, 0.717) is 11.4 Å². The minimum absolute atomic E-state index is 0.0135. The molecule has 2 rings (SSSR count). The van der Waals surface area contributed by atoms with Crippen LogP contribution in [0.2, 0.25) is 0 Å². The van der Waals surface area contributed by atoms with Crippen molar-refractivity contribution in [1.82, 2.24) is 9.88 Å². The number of carbonyl (C=O) groups is 2. The number of amides is 2. The normalized spacial score (nSPS) is 18.6. The number of hydrogen-bond acceptors (Lipinski definition) is 5. The van der Waals surface area contributed by atoms with Gasteiger partial charge >= 0.3 is 0 Å². The maximum Gasteiger partial charge on any atom is 0.260 e. The molecule has 21 heavy (non-hydrogen) atoms. The zero-order chi connectivity index (χ0) is 15.4. The highest BCUT2D eigenvalue weighted by Crippen LogP contribution is 2.28. The van der Waals surface area contributed by atoms with Gasteiger partial charge in [0, 0.05) is 26.2 Å². The molecular weight excluding hydrogens is 288 g/mol. The first-order valence-electron chi connectivity index (χ1n) is 7.36. The van der Waals surface area contributed by atoms with E-state index in [1.165, 1.54) is 17.5 Å². The molecule has 1 aliphatic rings. The highest BCUT2D eigenvalue weighted by atomic mass is 32.1. The molecule has 1 fully saturated rings. The van der Waals surface area contributed by atoms with Gasteiger partial charge in [0.25, 0.3) is 5.91 Å². The second kappa shape index (κ2) is 6.89. The van der Waals surface area contributed by atoms with Gasteiger partial charge in [0.15, 0.2) is 5.13 Å². The van der Waals surface area contributed by atoms with Crippen LogP contribution in [0, 0.1) is 5.92 Å². The topological polar surface area (TPSA) is 79.5 Å². The van der Waals surface area contributed by atoms with Crippen molar-refractivity contribution in [1.29, 1.82) is 0 Å². The SMILES string of the molecule is CCN(CC)C(=O)C1CCCN(c2ncc(C(N)=O)s2)C1. The minimum atomic E-state index is -0.452. The molecule has 1 atom stereocenters. The van der Waals surface area contributed by atoms with Crippen molar-refractivity contribution in [2.24, 2.45) is 11.7 Å². The van der Waals surface area contributed by atoms with E-state index in [1.54, 1.807) is 0 Å². The molecule has 7 heteroatoms. The molecule has 1 unspecified atom stereocenters. The molecule has 0 bridgehead atoms. The first-order chi connectivity index (χ1) is 10.1. The molecule has 1 aliphatic heterocycles. The average molecular weight is 310 g/mol. The van der Waals surface area contributed by atoms with Crippen LogP contribution in [0.5, 0.6) is 0 Å². The lowest BCUT2D eigenvalue weighted by molar-refractivity contribution is -0.135. The van der Waals surface area contributed by atoms with Crippen molar-refractivity contribution < 1.29 is 9.59 Å². The molecule has 0 spiro atoms. The van der Waals surface area contributed by atoms with Crippen molar-refractivity contribution in [2.45, 2.75) is 26.7 Å². The molecule has 0 radical (unpaired) electrons. The summed E-state index contributed by atoms with van der Waals surface area (Å²) in [6.07, 6.45) is 3.39. The first kappa shape index (κ1) is 15.8. The summed E-state index contributed by atoms with van der Waals surface area (Å²) in [7, 11) is 0. The van der Waals surface area contributed by atoms with Crippen molar-refractivity contribution in [3.63, 3.8) is 0 Å². The van der Waals surface area contributed by atoms with Crippen LogP contribution in [0.25, 0.3) is 0 Å². The van der Waals surface area contributed by atoms with E-state index in [1.807, 2.05) is 18.7 Å². The molecule has 6 nitrogen and oxygen atoms in total. The van der Waals surface area contributed by atoms with Crippen molar-refractivity contribution in [3.05, 3.63) is 11.1 Å². The second-order valence-electron chi connectivity index (χ2n) is 5.17. The van der Waals surface area contributed by atoms with Crippen LogP contribution in [0.3, 0.4) is 0 Å². The Labute approximate surface area is 128 Å². The average Bonchev–Trinajstić information content (AvgIpc) is 2.98. The van der Waals surface area contributed by atoms with E-state index in [2.05, 4.69) is 9.88 Å². The lowest BCUT2D eigenvalue weighted by Gasteiger charge is -2.34. The Balaban J connectivity index is 2.06. The quantitative estimate of drug-likeness (QED) is 0.889. The summed E-state index contributed by atoms with van der Waals surface area (Å²) in [6, 6.07) is 0. The van der Waals surface area contributed by atoms with E-state index in [4.69, 9.17) is 5.73 Å². The third kappa shape index (κ3) is 3.53.